The predicted octanol–water partition coefficient (Wildman–Crippen LogP) is 1.57. The second-order valence-electron chi connectivity index (χ2n) is 6.78. The highest BCUT2D eigenvalue weighted by molar-refractivity contribution is 5.87. The van der Waals surface area contributed by atoms with Gasteiger partial charge >= 0.3 is 0 Å². The summed E-state index contributed by atoms with van der Waals surface area (Å²) >= 11 is 0. The molecular formula is C21H24N2O5. The highest BCUT2D eigenvalue weighted by atomic mass is 16.5. The van der Waals surface area contributed by atoms with Crippen LogP contribution in [0.1, 0.15) is 18.1 Å². The van der Waals surface area contributed by atoms with E-state index < -0.39 is 12.1 Å². The van der Waals surface area contributed by atoms with Crippen LogP contribution >= 0.6 is 0 Å². The minimum absolute atomic E-state index is 0.228. The summed E-state index contributed by atoms with van der Waals surface area (Å²) in [5, 5.41) is 15.2. The Morgan fingerprint density at radius 2 is 1.93 bits per heavy atom. The number of rotatable bonds is 3. The zero-order chi connectivity index (χ0) is 20.1. The molecule has 28 heavy (non-hydrogen) atoms. The topological polar surface area (TPSA) is 96.9 Å². The maximum atomic E-state index is 12.7. The molecule has 4 rings (SSSR count). The number of ether oxygens (including phenoxy) is 2. The van der Waals surface area contributed by atoms with E-state index in [1.165, 1.54) is 6.92 Å². The third-order valence-electron chi connectivity index (χ3n) is 4.56. The van der Waals surface area contributed by atoms with E-state index in [0.29, 0.717) is 30.1 Å². The summed E-state index contributed by atoms with van der Waals surface area (Å²) in [6.45, 7) is 1.15. The monoisotopic (exact) mass is 384 g/mol. The van der Waals surface area contributed by atoms with Crippen LogP contribution in [-0.4, -0.2) is 42.7 Å². The van der Waals surface area contributed by atoms with Crippen LogP contribution in [0.3, 0.4) is 0 Å². The number of fused-ring (bicyclic) bond motifs is 7. The lowest BCUT2D eigenvalue weighted by molar-refractivity contribution is -0.128. The van der Waals surface area contributed by atoms with Crippen LogP contribution in [0.5, 0.6) is 17.2 Å². The van der Waals surface area contributed by atoms with Gasteiger partial charge in [-0.2, -0.15) is 0 Å². The van der Waals surface area contributed by atoms with Gasteiger partial charge in [0.15, 0.2) is 11.5 Å². The molecule has 0 radical (unpaired) electrons. The molecule has 2 aliphatic rings. The molecule has 7 heteroatoms. The number of benzene rings is 2. The standard InChI is InChI=1S/C21H24N2O5/c1-13(25)22-18-10-14-3-6-17(7-4-14)28-20-11-15(5-8-19(20)27-2)9-16(12-24)23-21(18)26/h3-8,11,16,18,24H,9-10,12H2,1-2H3,(H,22,25)(H,23,26)/t16-,18-/m0/s1. The lowest BCUT2D eigenvalue weighted by Gasteiger charge is -2.23. The molecule has 2 amide bonds. The fourth-order valence-corrected chi connectivity index (χ4v) is 3.19. The molecule has 7 nitrogen and oxygen atoms in total. The van der Waals surface area contributed by atoms with Crippen molar-refractivity contribution >= 4 is 11.8 Å². The lowest BCUT2D eigenvalue weighted by Crippen LogP contribution is -2.51. The van der Waals surface area contributed by atoms with Gasteiger partial charge in [-0.1, -0.05) is 18.2 Å². The maximum absolute atomic E-state index is 12.7. The zero-order valence-electron chi connectivity index (χ0n) is 15.9. The summed E-state index contributed by atoms with van der Waals surface area (Å²) in [5.41, 5.74) is 1.75. The normalized spacial score (nSPS) is 19.2. The van der Waals surface area contributed by atoms with Gasteiger partial charge in [-0.25, -0.2) is 0 Å². The van der Waals surface area contributed by atoms with Crippen molar-refractivity contribution < 1.29 is 24.2 Å². The molecule has 0 fully saturated rings. The summed E-state index contributed by atoms with van der Waals surface area (Å²) in [6.07, 6.45) is 0.741. The van der Waals surface area contributed by atoms with Crippen molar-refractivity contribution in [3.63, 3.8) is 0 Å². The molecule has 0 aliphatic carbocycles. The SMILES string of the molecule is COc1ccc2cc1Oc1ccc(cc1)C[C@H](NC(C)=O)C(=O)N[C@H](CO)C2. The van der Waals surface area contributed by atoms with Gasteiger partial charge < -0.3 is 25.2 Å². The van der Waals surface area contributed by atoms with Crippen molar-refractivity contribution in [1.82, 2.24) is 10.6 Å². The Bertz CT molecular complexity index is 850. The second-order valence-corrected chi connectivity index (χ2v) is 6.78. The van der Waals surface area contributed by atoms with Crippen molar-refractivity contribution in [3.05, 3.63) is 53.6 Å². The zero-order valence-corrected chi connectivity index (χ0v) is 15.9. The number of methoxy groups -OCH3 is 1. The van der Waals surface area contributed by atoms with E-state index in [1.807, 2.05) is 36.4 Å². The number of carbonyl (C=O) groups excluding carboxylic acids is 2. The Hall–Kier alpha value is -3.06. The van der Waals surface area contributed by atoms with E-state index in [-0.39, 0.29) is 18.4 Å². The van der Waals surface area contributed by atoms with Gasteiger partial charge in [0.25, 0.3) is 0 Å². The average Bonchev–Trinajstić information content (AvgIpc) is 2.67. The van der Waals surface area contributed by atoms with Crippen molar-refractivity contribution in [2.24, 2.45) is 0 Å². The Kier molecular flexibility index (Phi) is 6.16. The molecule has 0 spiro atoms. The fraction of sp³-hybridized carbons (Fsp3) is 0.333. The first-order chi connectivity index (χ1) is 13.5. The first-order valence-corrected chi connectivity index (χ1v) is 9.10. The quantitative estimate of drug-likeness (QED) is 0.746. The number of hydrogen-bond donors (Lipinski definition) is 3. The molecule has 0 aromatic heterocycles. The van der Waals surface area contributed by atoms with E-state index in [2.05, 4.69) is 10.6 Å². The largest absolute Gasteiger partial charge is 0.493 e. The van der Waals surface area contributed by atoms with Crippen LogP contribution in [0.4, 0.5) is 0 Å². The van der Waals surface area contributed by atoms with Crippen LogP contribution in [0, 0.1) is 0 Å². The summed E-state index contributed by atoms with van der Waals surface area (Å²) in [4.78, 5) is 24.3. The molecule has 0 saturated carbocycles. The van der Waals surface area contributed by atoms with Crippen molar-refractivity contribution in [1.29, 1.82) is 0 Å². The number of aliphatic hydroxyl groups excluding tert-OH is 1. The smallest absolute Gasteiger partial charge is 0.243 e. The number of hydrogen-bond acceptors (Lipinski definition) is 5. The number of nitrogens with one attached hydrogen (secondary N) is 2. The predicted molar refractivity (Wildman–Crippen MR) is 104 cm³/mol. The maximum Gasteiger partial charge on any atom is 0.243 e. The Morgan fingerprint density at radius 3 is 2.57 bits per heavy atom. The van der Waals surface area contributed by atoms with Gasteiger partial charge in [0.1, 0.15) is 11.8 Å². The van der Waals surface area contributed by atoms with Gasteiger partial charge in [0, 0.05) is 13.3 Å². The van der Waals surface area contributed by atoms with E-state index in [4.69, 9.17) is 9.47 Å². The Balaban J connectivity index is 1.99. The van der Waals surface area contributed by atoms with Gasteiger partial charge in [0.05, 0.1) is 19.8 Å². The Morgan fingerprint density at radius 1 is 1.21 bits per heavy atom. The van der Waals surface area contributed by atoms with Crippen LogP contribution in [0.2, 0.25) is 0 Å². The first kappa shape index (κ1) is 19.7. The molecule has 4 bridgehead atoms. The minimum Gasteiger partial charge on any atom is -0.493 e. The third-order valence-corrected chi connectivity index (χ3v) is 4.56. The van der Waals surface area contributed by atoms with Crippen LogP contribution in [0.15, 0.2) is 42.5 Å². The number of amides is 2. The molecule has 2 atom stereocenters. The molecule has 2 aromatic carbocycles. The third kappa shape index (κ3) is 4.80. The fourth-order valence-electron chi connectivity index (χ4n) is 3.19. The summed E-state index contributed by atoms with van der Waals surface area (Å²) in [6, 6.07) is 11.6. The molecule has 2 aliphatic heterocycles. The molecular weight excluding hydrogens is 360 g/mol. The van der Waals surface area contributed by atoms with E-state index in [9.17, 15) is 14.7 Å². The van der Waals surface area contributed by atoms with Gasteiger partial charge in [-0.05, 0) is 41.8 Å². The molecule has 3 N–H and O–H groups in total. The van der Waals surface area contributed by atoms with Gasteiger partial charge in [0.2, 0.25) is 11.8 Å². The first-order valence-electron chi connectivity index (χ1n) is 9.10. The van der Waals surface area contributed by atoms with Gasteiger partial charge in [-0.15, -0.1) is 0 Å². The van der Waals surface area contributed by atoms with Crippen LogP contribution in [0.25, 0.3) is 0 Å². The Labute approximate surface area is 163 Å². The highest BCUT2D eigenvalue weighted by Crippen LogP contribution is 2.33. The summed E-state index contributed by atoms with van der Waals surface area (Å²) in [5.74, 6) is 1.16. The molecule has 0 saturated heterocycles. The average molecular weight is 384 g/mol. The summed E-state index contributed by atoms with van der Waals surface area (Å²) in [7, 11) is 1.57. The van der Waals surface area contributed by atoms with E-state index in [1.54, 1.807) is 13.2 Å². The number of aliphatic hydroxyl groups is 1. The molecule has 2 aromatic rings. The number of carbonyl (C=O) groups is 2. The lowest BCUT2D eigenvalue weighted by atomic mass is 10.0. The molecule has 148 valence electrons. The van der Waals surface area contributed by atoms with Gasteiger partial charge in [-0.3, -0.25) is 9.59 Å². The van der Waals surface area contributed by atoms with Crippen LogP contribution in [-0.2, 0) is 22.4 Å². The van der Waals surface area contributed by atoms with Crippen LogP contribution < -0.4 is 20.1 Å². The van der Waals surface area contributed by atoms with Crippen molar-refractivity contribution in [3.8, 4) is 17.2 Å². The van der Waals surface area contributed by atoms with Crippen molar-refractivity contribution in [2.75, 3.05) is 13.7 Å². The highest BCUT2D eigenvalue weighted by Gasteiger charge is 2.23. The molecule has 2 heterocycles. The second kappa shape index (κ2) is 8.75. The minimum atomic E-state index is -0.729. The van der Waals surface area contributed by atoms with E-state index in [0.717, 1.165) is 11.1 Å². The van der Waals surface area contributed by atoms with E-state index >= 15 is 0 Å². The van der Waals surface area contributed by atoms with Crippen molar-refractivity contribution in [2.45, 2.75) is 31.8 Å². The molecule has 0 unspecified atom stereocenters. The summed E-state index contributed by atoms with van der Waals surface area (Å²) < 4.78 is 11.3.